The Morgan fingerprint density at radius 1 is 0.825 bits per heavy atom. The average molecular weight is 552 g/mol. The Morgan fingerprint density at radius 2 is 1.57 bits per heavy atom. The van der Waals surface area contributed by atoms with Crippen molar-refractivity contribution >= 4 is 20.9 Å². The molecule has 7 heteroatoms. The molecule has 3 heterocycles. The van der Waals surface area contributed by atoms with Crippen molar-refractivity contribution in [1.29, 1.82) is 0 Å². The molecule has 0 amide bonds. The van der Waals surface area contributed by atoms with E-state index >= 15 is 0 Å². The number of hydrogen-bond acceptors (Lipinski definition) is 5. The molecule has 6 nitrogen and oxygen atoms in total. The highest BCUT2D eigenvalue weighted by Gasteiger charge is 2.21. The number of ether oxygens (including phenoxy) is 1. The molecule has 2 aromatic heterocycles. The van der Waals surface area contributed by atoms with Gasteiger partial charge in [0.05, 0.1) is 17.2 Å². The Balaban J connectivity index is 1.25. The second kappa shape index (κ2) is 11.7. The lowest BCUT2D eigenvalue weighted by molar-refractivity contribution is 0.292. The lowest BCUT2D eigenvalue weighted by atomic mass is 10.1. The highest BCUT2D eigenvalue weighted by Crippen LogP contribution is 2.29. The normalized spacial score (nSPS) is 15.3. The number of para-hydroxylation sites is 1. The quantitative estimate of drug-likeness (QED) is 0.227. The van der Waals surface area contributed by atoms with Crippen molar-refractivity contribution in [2.45, 2.75) is 19.4 Å². The molecule has 1 aliphatic rings. The summed E-state index contributed by atoms with van der Waals surface area (Å²) in [4.78, 5) is 7.41. The number of aryl methyl sites for hydroxylation is 1. The van der Waals surface area contributed by atoms with Crippen molar-refractivity contribution in [2.75, 3.05) is 31.1 Å². The van der Waals surface area contributed by atoms with Crippen LogP contribution in [0.4, 0.5) is 0 Å². The van der Waals surface area contributed by atoms with E-state index in [9.17, 15) is 8.42 Å². The number of aromatic nitrogens is 2. The molecule has 0 aliphatic carbocycles. The van der Waals surface area contributed by atoms with Crippen molar-refractivity contribution in [3.63, 3.8) is 0 Å². The highest BCUT2D eigenvalue weighted by molar-refractivity contribution is 7.91. The van der Waals surface area contributed by atoms with Crippen LogP contribution in [0.5, 0.6) is 5.75 Å². The number of benzene rings is 3. The zero-order chi connectivity index (χ0) is 27.4. The molecular weight excluding hydrogens is 518 g/mol. The van der Waals surface area contributed by atoms with E-state index < -0.39 is 9.84 Å². The lowest BCUT2D eigenvalue weighted by Crippen LogP contribution is -2.40. The molecule has 3 aromatic carbocycles. The molecule has 1 fully saturated rings. The van der Waals surface area contributed by atoms with Crippen molar-refractivity contribution < 1.29 is 13.2 Å². The average Bonchev–Trinajstić information content (AvgIpc) is 3.36. The smallest absolute Gasteiger partial charge is 0.152 e. The van der Waals surface area contributed by atoms with E-state index in [4.69, 9.17) is 9.72 Å². The lowest BCUT2D eigenvalue weighted by Gasteiger charge is -2.26. The SMILES string of the molecule is O=S1(=O)CCN(CCCc2cn(-c3ccccc3)c3nc(-c4cccc(OCc5ccccc5)c4)ccc23)CC1. The minimum Gasteiger partial charge on any atom is -0.489 e. The Bertz CT molecular complexity index is 1690. The van der Waals surface area contributed by atoms with Crippen molar-refractivity contribution in [3.05, 3.63) is 114 Å². The first-order chi connectivity index (χ1) is 19.5. The summed E-state index contributed by atoms with van der Waals surface area (Å²) in [6, 6.07) is 32.9. The summed E-state index contributed by atoms with van der Waals surface area (Å²) < 4.78 is 31.8. The Kier molecular flexibility index (Phi) is 7.66. The predicted molar refractivity (Wildman–Crippen MR) is 161 cm³/mol. The molecule has 1 saturated heterocycles. The summed E-state index contributed by atoms with van der Waals surface area (Å²) in [7, 11) is -2.86. The maximum absolute atomic E-state index is 11.8. The summed E-state index contributed by atoms with van der Waals surface area (Å²) in [5.41, 5.74) is 6.29. The van der Waals surface area contributed by atoms with E-state index in [0.29, 0.717) is 19.7 Å². The minimum absolute atomic E-state index is 0.269. The molecule has 0 radical (unpaired) electrons. The van der Waals surface area contributed by atoms with Gasteiger partial charge in [0.2, 0.25) is 0 Å². The molecule has 5 aromatic rings. The molecule has 204 valence electrons. The van der Waals surface area contributed by atoms with E-state index in [1.807, 2.05) is 54.6 Å². The zero-order valence-electron chi connectivity index (χ0n) is 22.4. The van der Waals surface area contributed by atoms with Crippen molar-refractivity contribution in [3.8, 4) is 22.7 Å². The summed E-state index contributed by atoms with van der Waals surface area (Å²) in [6.07, 6.45) is 4.08. The number of sulfone groups is 1. The van der Waals surface area contributed by atoms with Gasteiger partial charge in [0.25, 0.3) is 0 Å². The van der Waals surface area contributed by atoms with Gasteiger partial charge in [-0.3, -0.25) is 0 Å². The summed E-state index contributed by atoms with van der Waals surface area (Å²) in [5.74, 6) is 1.35. The highest BCUT2D eigenvalue weighted by atomic mass is 32.2. The Hall–Kier alpha value is -3.94. The summed E-state index contributed by atoms with van der Waals surface area (Å²) >= 11 is 0. The Labute approximate surface area is 235 Å². The van der Waals surface area contributed by atoms with Crippen molar-refractivity contribution in [2.24, 2.45) is 0 Å². The van der Waals surface area contributed by atoms with Crippen LogP contribution in [-0.2, 0) is 22.9 Å². The number of pyridine rings is 1. The second-order valence-corrected chi connectivity index (χ2v) is 12.6. The molecule has 0 atom stereocenters. The van der Waals surface area contributed by atoms with Crippen LogP contribution < -0.4 is 4.74 Å². The van der Waals surface area contributed by atoms with Gasteiger partial charge in [0.1, 0.15) is 18.0 Å². The first-order valence-corrected chi connectivity index (χ1v) is 15.6. The number of nitrogens with zero attached hydrogens (tertiary/aromatic N) is 3. The van der Waals surface area contributed by atoms with Crippen LogP contribution in [0.1, 0.15) is 17.5 Å². The molecule has 0 unspecified atom stereocenters. The maximum Gasteiger partial charge on any atom is 0.152 e. The topological polar surface area (TPSA) is 64.4 Å². The fourth-order valence-corrected chi connectivity index (χ4v) is 6.54. The third-order valence-electron chi connectivity index (χ3n) is 7.50. The standard InChI is InChI=1S/C33H33N3O3S/c37-40(38)21-19-35(20-22-40)18-8-12-28-24-36(29-13-5-2-6-14-29)33-31(28)16-17-32(34-33)27-11-7-15-30(23-27)39-25-26-9-3-1-4-10-26/h1-7,9-11,13-17,23-24H,8,12,18-22,25H2. The molecule has 1 aliphatic heterocycles. The van der Waals surface area contributed by atoms with Crippen LogP contribution >= 0.6 is 0 Å². The van der Waals surface area contributed by atoms with Gasteiger partial charge in [0, 0.05) is 35.9 Å². The van der Waals surface area contributed by atoms with Crippen LogP contribution in [0, 0.1) is 0 Å². The first kappa shape index (κ1) is 26.3. The van der Waals surface area contributed by atoms with Gasteiger partial charge in [-0.25, -0.2) is 13.4 Å². The number of hydrogen-bond donors (Lipinski definition) is 0. The summed E-state index contributed by atoms with van der Waals surface area (Å²) in [6.45, 7) is 2.68. The van der Waals surface area contributed by atoms with E-state index in [1.54, 1.807) is 0 Å². The van der Waals surface area contributed by atoms with E-state index in [0.717, 1.165) is 58.7 Å². The van der Waals surface area contributed by atoms with Crippen molar-refractivity contribution in [1.82, 2.24) is 14.5 Å². The molecular formula is C33H33N3O3S. The molecule has 0 bridgehead atoms. The van der Waals surface area contributed by atoms with Gasteiger partial charge < -0.3 is 14.2 Å². The third-order valence-corrected chi connectivity index (χ3v) is 9.11. The van der Waals surface area contributed by atoms with Gasteiger partial charge in [-0.1, -0.05) is 60.7 Å². The molecule has 40 heavy (non-hydrogen) atoms. The third kappa shape index (κ3) is 6.11. The van der Waals surface area contributed by atoms with Gasteiger partial charge in [-0.05, 0) is 66.9 Å². The van der Waals surface area contributed by atoms with Gasteiger partial charge in [-0.2, -0.15) is 0 Å². The van der Waals surface area contributed by atoms with Gasteiger partial charge in [-0.15, -0.1) is 0 Å². The van der Waals surface area contributed by atoms with Gasteiger partial charge >= 0.3 is 0 Å². The monoisotopic (exact) mass is 551 g/mol. The number of rotatable bonds is 9. The molecule has 0 saturated carbocycles. The Morgan fingerprint density at radius 3 is 2.35 bits per heavy atom. The second-order valence-electron chi connectivity index (χ2n) is 10.3. The van der Waals surface area contributed by atoms with E-state index in [2.05, 4.69) is 58.1 Å². The van der Waals surface area contributed by atoms with E-state index in [1.165, 1.54) is 5.56 Å². The van der Waals surface area contributed by atoms with Crippen LogP contribution in [0.15, 0.2) is 103 Å². The molecule has 6 rings (SSSR count). The van der Waals surface area contributed by atoms with E-state index in [-0.39, 0.29) is 11.5 Å². The largest absolute Gasteiger partial charge is 0.489 e. The molecule has 0 N–H and O–H groups in total. The van der Waals surface area contributed by atoms with Crippen LogP contribution in [0.3, 0.4) is 0 Å². The van der Waals surface area contributed by atoms with Crippen LogP contribution in [-0.4, -0.2) is 54.0 Å². The fourth-order valence-electron chi connectivity index (χ4n) is 5.27. The summed E-state index contributed by atoms with van der Waals surface area (Å²) in [5, 5.41) is 1.14. The number of fused-ring (bicyclic) bond motifs is 1. The minimum atomic E-state index is -2.86. The first-order valence-electron chi connectivity index (χ1n) is 13.8. The fraction of sp³-hybridized carbons (Fsp3) is 0.242. The maximum atomic E-state index is 11.8. The van der Waals surface area contributed by atoms with Gasteiger partial charge in [0.15, 0.2) is 9.84 Å². The molecule has 0 spiro atoms. The zero-order valence-corrected chi connectivity index (χ0v) is 23.3. The van der Waals surface area contributed by atoms with Crippen LogP contribution in [0.2, 0.25) is 0 Å². The van der Waals surface area contributed by atoms with Crippen LogP contribution in [0.25, 0.3) is 28.0 Å². The predicted octanol–water partition coefficient (Wildman–Crippen LogP) is 5.93.